The maximum Gasteiger partial charge on any atom is 0.143 e. The molecule has 0 saturated heterocycles. The number of ether oxygens (including phenoxy) is 1. The number of aromatic nitrogens is 4. The largest absolute Gasteiger partial charge is 0.490 e. The summed E-state index contributed by atoms with van der Waals surface area (Å²) in [6.45, 7) is 4.21. The van der Waals surface area contributed by atoms with Crippen molar-refractivity contribution in [2.24, 2.45) is 0 Å². The van der Waals surface area contributed by atoms with E-state index in [1.807, 2.05) is 50.2 Å². The van der Waals surface area contributed by atoms with Crippen LogP contribution in [0.4, 0.5) is 0 Å². The topological polar surface area (TPSA) is 73.1 Å². The van der Waals surface area contributed by atoms with Crippen molar-refractivity contribution < 1.29 is 9.84 Å². The summed E-state index contributed by atoms with van der Waals surface area (Å²) >= 11 is 0. The van der Waals surface area contributed by atoms with Crippen LogP contribution in [0.2, 0.25) is 0 Å². The highest BCUT2D eigenvalue weighted by atomic mass is 16.5. The number of tetrazole rings is 1. The number of aryl methyl sites for hydroxylation is 2. The SMILES string of the molecule is Cc1cc(C)cc(C(O)COc2cccc(-n3cnnn3)c2)c1. The Bertz CT molecular complexity index is 767. The molecule has 0 bridgehead atoms. The molecule has 0 aliphatic heterocycles. The molecule has 118 valence electrons. The van der Waals surface area contributed by atoms with Crippen molar-refractivity contribution in [1.82, 2.24) is 20.2 Å². The molecule has 0 amide bonds. The first-order chi connectivity index (χ1) is 11.1. The van der Waals surface area contributed by atoms with Crippen LogP contribution in [0.1, 0.15) is 22.8 Å². The van der Waals surface area contributed by atoms with Crippen LogP contribution in [-0.4, -0.2) is 31.9 Å². The zero-order chi connectivity index (χ0) is 16.2. The van der Waals surface area contributed by atoms with Gasteiger partial charge in [-0.15, -0.1) is 5.10 Å². The second kappa shape index (κ2) is 6.58. The molecule has 3 aromatic rings. The van der Waals surface area contributed by atoms with Gasteiger partial charge in [0.15, 0.2) is 0 Å². The first-order valence-corrected chi connectivity index (χ1v) is 7.34. The number of benzene rings is 2. The molecule has 1 unspecified atom stereocenters. The lowest BCUT2D eigenvalue weighted by Crippen LogP contribution is -2.10. The second-order valence-corrected chi connectivity index (χ2v) is 5.50. The molecule has 0 radical (unpaired) electrons. The number of hydrogen-bond donors (Lipinski definition) is 1. The predicted molar refractivity (Wildman–Crippen MR) is 85.5 cm³/mol. The summed E-state index contributed by atoms with van der Waals surface area (Å²) < 4.78 is 7.26. The summed E-state index contributed by atoms with van der Waals surface area (Å²) in [6, 6.07) is 13.4. The molecule has 3 rings (SSSR count). The predicted octanol–water partition coefficient (Wildman–Crippen LogP) is 2.39. The van der Waals surface area contributed by atoms with E-state index in [2.05, 4.69) is 21.6 Å². The van der Waals surface area contributed by atoms with Crippen molar-refractivity contribution in [3.63, 3.8) is 0 Å². The van der Waals surface area contributed by atoms with Crippen molar-refractivity contribution in [2.45, 2.75) is 20.0 Å². The van der Waals surface area contributed by atoms with E-state index < -0.39 is 6.10 Å². The van der Waals surface area contributed by atoms with Crippen molar-refractivity contribution in [3.8, 4) is 11.4 Å². The Labute approximate surface area is 134 Å². The first kappa shape index (κ1) is 15.2. The van der Waals surface area contributed by atoms with Gasteiger partial charge in [0, 0.05) is 6.07 Å². The van der Waals surface area contributed by atoms with Gasteiger partial charge in [0.25, 0.3) is 0 Å². The Kier molecular flexibility index (Phi) is 4.34. The summed E-state index contributed by atoms with van der Waals surface area (Å²) in [5.74, 6) is 0.654. The highest BCUT2D eigenvalue weighted by molar-refractivity contribution is 5.38. The van der Waals surface area contributed by atoms with E-state index in [0.717, 1.165) is 22.4 Å². The highest BCUT2D eigenvalue weighted by Gasteiger charge is 2.10. The van der Waals surface area contributed by atoms with E-state index in [1.54, 1.807) is 4.68 Å². The van der Waals surface area contributed by atoms with Gasteiger partial charge in [-0.1, -0.05) is 35.4 Å². The summed E-state index contributed by atoms with van der Waals surface area (Å²) in [4.78, 5) is 0. The Morgan fingerprint density at radius 3 is 2.61 bits per heavy atom. The van der Waals surface area contributed by atoms with Crippen LogP contribution in [0.5, 0.6) is 5.75 Å². The monoisotopic (exact) mass is 310 g/mol. The van der Waals surface area contributed by atoms with Crippen molar-refractivity contribution in [3.05, 3.63) is 65.5 Å². The zero-order valence-corrected chi connectivity index (χ0v) is 13.0. The Morgan fingerprint density at radius 2 is 1.91 bits per heavy atom. The molecule has 0 spiro atoms. The maximum absolute atomic E-state index is 10.3. The fourth-order valence-corrected chi connectivity index (χ4v) is 2.47. The number of rotatable bonds is 5. The third-order valence-corrected chi connectivity index (χ3v) is 3.47. The molecule has 0 aliphatic rings. The zero-order valence-electron chi connectivity index (χ0n) is 13.0. The molecule has 0 aliphatic carbocycles. The van der Waals surface area contributed by atoms with Gasteiger partial charge in [0.2, 0.25) is 0 Å². The minimum atomic E-state index is -0.676. The molecule has 2 aromatic carbocycles. The molecule has 1 atom stereocenters. The van der Waals surface area contributed by atoms with Crippen LogP contribution in [0.25, 0.3) is 5.69 Å². The fraction of sp³-hybridized carbons (Fsp3) is 0.235. The lowest BCUT2D eigenvalue weighted by molar-refractivity contribution is 0.108. The van der Waals surface area contributed by atoms with Gasteiger partial charge in [-0.25, -0.2) is 4.68 Å². The van der Waals surface area contributed by atoms with Crippen LogP contribution >= 0.6 is 0 Å². The van der Waals surface area contributed by atoms with Gasteiger partial charge in [0.1, 0.15) is 24.8 Å². The number of aliphatic hydroxyl groups is 1. The van der Waals surface area contributed by atoms with E-state index in [4.69, 9.17) is 4.74 Å². The normalized spacial score (nSPS) is 12.1. The third-order valence-electron chi connectivity index (χ3n) is 3.47. The number of nitrogens with zero attached hydrogens (tertiary/aromatic N) is 4. The van der Waals surface area contributed by atoms with Gasteiger partial charge in [-0.05, 0) is 42.0 Å². The Morgan fingerprint density at radius 1 is 1.13 bits per heavy atom. The molecule has 1 heterocycles. The van der Waals surface area contributed by atoms with E-state index >= 15 is 0 Å². The lowest BCUT2D eigenvalue weighted by atomic mass is 10.0. The molecule has 1 N–H and O–H groups in total. The lowest BCUT2D eigenvalue weighted by Gasteiger charge is -2.14. The van der Waals surface area contributed by atoms with Gasteiger partial charge in [-0.2, -0.15) is 0 Å². The molecular formula is C17H18N4O2. The van der Waals surface area contributed by atoms with Crippen LogP contribution in [0.15, 0.2) is 48.8 Å². The van der Waals surface area contributed by atoms with Crippen LogP contribution in [0, 0.1) is 13.8 Å². The van der Waals surface area contributed by atoms with Gasteiger partial charge >= 0.3 is 0 Å². The van der Waals surface area contributed by atoms with E-state index in [0.29, 0.717) is 5.75 Å². The van der Waals surface area contributed by atoms with Gasteiger partial charge in [0.05, 0.1) is 5.69 Å². The third kappa shape index (κ3) is 3.73. The number of hydrogen-bond acceptors (Lipinski definition) is 5. The Hall–Kier alpha value is -2.73. The second-order valence-electron chi connectivity index (χ2n) is 5.50. The molecule has 6 heteroatoms. The van der Waals surface area contributed by atoms with E-state index in [1.165, 1.54) is 6.33 Å². The minimum absolute atomic E-state index is 0.182. The fourth-order valence-electron chi connectivity index (χ4n) is 2.47. The molecule has 0 fully saturated rings. The van der Waals surface area contributed by atoms with Crippen molar-refractivity contribution in [1.29, 1.82) is 0 Å². The Balaban J connectivity index is 1.69. The molecule has 23 heavy (non-hydrogen) atoms. The van der Waals surface area contributed by atoms with Gasteiger partial charge < -0.3 is 9.84 Å². The van der Waals surface area contributed by atoms with Gasteiger partial charge in [-0.3, -0.25) is 0 Å². The van der Waals surface area contributed by atoms with Crippen LogP contribution < -0.4 is 4.74 Å². The molecule has 0 saturated carbocycles. The van der Waals surface area contributed by atoms with E-state index in [-0.39, 0.29) is 6.61 Å². The summed E-state index contributed by atoms with van der Waals surface area (Å²) in [6.07, 6.45) is 0.842. The quantitative estimate of drug-likeness (QED) is 0.783. The van der Waals surface area contributed by atoms with Crippen LogP contribution in [0.3, 0.4) is 0 Å². The smallest absolute Gasteiger partial charge is 0.143 e. The van der Waals surface area contributed by atoms with Crippen LogP contribution in [-0.2, 0) is 0 Å². The minimum Gasteiger partial charge on any atom is -0.490 e. The first-order valence-electron chi connectivity index (χ1n) is 7.34. The van der Waals surface area contributed by atoms with E-state index in [9.17, 15) is 5.11 Å². The standard InChI is InChI=1S/C17H18N4O2/c1-12-6-13(2)8-14(7-12)17(22)10-23-16-5-3-4-15(9-16)21-11-18-19-20-21/h3-9,11,17,22H,10H2,1-2H3. The average Bonchev–Trinajstić information content (AvgIpc) is 3.06. The molecule has 6 nitrogen and oxygen atoms in total. The molecular weight excluding hydrogens is 292 g/mol. The summed E-state index contributed by atoms with van der Waals surface area (Å²) in [5, 5.41) is 21.4. The maximum atomic E-state index is 10.3. The molecule has 1 aromatic heterocycles. The highest BCUT2D eigenvalue weighted by Crippen LogP contribution is 2.20. The summed E-state index contributed by atoms with van der Waals surface area (Å²) in [7, 11) is 0. The van der Waals surface area contributed by atoms with Crippen molar-refractivity contribution in [2.75, 3.05) is 6.61 Å². The summed E-state index contributed by atoms with van der Waals surface area (Å²) in [5.41, 5.74) is 3.91. The number of aliphatic hydroxyl groups excluding tert-OH is 1. The average molecular weight is 310 g/mol. The van der Waals surface area contributed by atoms with Crippen molar-refractivity contribution >= 4 is 0 Å².